The second-order valence-electron chi connectivity index (χ2n) is 6.55. The lowest BCUT2D eigenvalue weighted by molar-refractivity contribution is 0.0955. The van der Waals surface area contributed by atoms with E-state index in [1.54, 1.807) is 0 Å². The number of hydrogen-bond donors (Lipinski definition) is 2. The van der Waals surface area contributed by atoms with Gasteiger partial charge in [-0.05, 0) is 45.8 Å². The standard InChI is InChI=1S/C18H32N4OS/c1-4-22(5-2)13-9-12-19-17(23)16-14(3)20-18(24-16)21-15-10-7-6-8-11-15/h15H,4-13H2,1-3H3,(H,19,23)(H,20,21). The number of carbonyl (C=O) groups is 1. The third-order valence-corrected chi connectivity index (χ3v) is 5.85. The number of nitrogens with one attached hydrogen (secondary N) is 2. The molecule has 2 N–H and O–H groups in total. The summed E-state index contributed by atoms with van der Waals surface area (Å²) in [6.07, 6.45) is 7.34. The molecule has 0 aliphatic heterocycles. The zero-order valence-corrected chi connectivity index (χ0v) is 16.2. The van der Waals surface area contributed by atoms with Crippen molar-refractivity contribution >= 4 is 22.4 Å². The summed E-state index contributed by atoms with van der Waals surface area (Å²) >= 11 is 1.49. The molecule has 6 heteroatoms. The highest BCUT2D eigenvalue weighted by molar-refractivity contribution is 7.17. The summed E-state index contributed by atoms with van der Waals surface area (Å²) in [6, 6.07) is 0.522. The van der Waals surface area contributed by atoms with Crippen LogP contribution in [0.25, 0.3) is 0 Å². The van der Waals surface area contributed by atoms with E-state index in [1.807, 2.05) is 6.92 Å². The Bertz CT molecular complexity index is 507. The molecule has 1 fully saturated rings. The lowest BCUT2D eigenvalue weighted by Crippen LogP contribution is -2.29. The Morgan fingerprint density at radius 3 is 2.62 bits per heavy atom. The third kappa shape index (κ3) is 5.74. The quantitative estimate of drug-likeness (QED) is 0.666. The molecule has 136 valence electrons. The van der Waals surface area contributed by atoms with E-state index in [9.17, 15) is 4.79 Å². The molecule has 1 amide bonds. The van der Waals surface area contributed by atoms with E-state index in [0.717, 1.165) is 48.3 Å². The number of aromatic nitrogens is 1. The van der Waals surface area contributed by atoms with Gasteiger partial charge in [0.25, 0.3) is 5.91 Å². The molecule has 24 heavy (non-hydrogen) atoms. The third-order valence-electron chi connectivity index (χ3n) is 4.77. The Balaban J connectivity index is 1.79. The van der Waals surface area contributed by atoms with Crippen molar-refractivity contribution in [3.05, 3.63) is 10.6 Å². The highest BCUT2D eigenvalue weighted by Crippen LogP contribution is 2.26. The predicted molar refractivity (Wildman–Crippen MR) is 102 cm³/mol. The van der Waals surface area contributed by atoms with Gasteiger partial charge in [-0.15, -0.1) is 0 Å². The zero-order valence-electron chi connectivity index (χ0n) is 15.4. The van der Waals surface area contributed by atoms with E-state index < -0.39 is 0 Å². The molecule has 0 bridgehead atoms. The zero-order chi connectivity index (χ0) is 17.4. The Kier molecular flexibility index (Phi) is 7.99. The van der Waals surface area contributed by atoms with Crippen LogP contribution in [0.2, 0.25) is 0 Å². The summed E-state index contributed by atoms with van der Waals surface area (Å²) in [7, 11) is 0. The fraction of sp³-hybridized carbons (Fsp3) is 0.778. The molecule has 0 unspecified atom stereocenters. The number of hydrogen-bond acceptors (Lipinski definition) is 5. The molecular formula is C18H32N4OS. The van der Waals surface area contributed by atoms with Gasteiger partial charge in [0.1, 0.15) is 4.88 Å². The smallest absolute Gasteiger partial charge is 0.263 e. The molecule has 1 heterocycles. The van der Waals surface area contributed by atoms with Crippen molar-refractivity contribution in [2.75, 3.05) is 31.5 Å². The summed E-state index contributed by atoms with van der Waals surface area (Å²) in [4.78, 5) is 20.0. The Labute approximate surface area is 150 Å². The first kappa shape index (κ1) is 19.2. The highest BCUT2D eigenvalue weighted by Gasteiger charge is 2.18. The molecule has 0 aromatic carbocycles. The summed E-state index contributed by atoms with van der Waals surface area (Å²) < 4.78 is 0. The average Bonchev–Trinajstić information content (AvgIpc) is 2.96. The van der Waals surface area contributed by atoms with Gasteiger partial charge >= 0.3 is 0 Å². The molecule has 0 spiro atoms. The number of anilines is 1. The van der Waals surface area contributed by atoms with Crippen LogP contribution in [0, 0.1) is 6.92 Å². The van der Waals surface area contributed by atoms with Gasteiger partial charge in [0, 0.05) is 12.6 Å². The molecule has 1 saturated carbocycles. The van der Waals surface area contributed by atoms with Crippen LogP contribution < -0.4 is 10.6 Å². The highest BCUT2D eigenvalue weighted by atomic mass is 32.1. The maximum Gasteiger partial charge on any atom is 0.263 e. The minimum absolute atomic E-state index is 0.0150. The van der Waals surface area contributed by atoms with Crippen molar-refractivity contribution in [1.82, 2.24) is 15.2 Å². The average molecular weight is 353 g/mol. The fourth-order valence-corrected chi connectivity index (χ4v) is 4.17. The van der Waals surface area contributed by atoms with Crippen LogP contribution >= 0.6 is 11.3 Å². The van der Waals surface area contributed by atoms with Gasteiger partial charge in [-0.3, -0.25) is 4.79 Å². The number of carbonyl (C=O) groups excluding carboxylic acids is 1. The molecule has 1 aliphatic carbocycles. The normalized spacial score (nSPS) is 15.7. The molecule has 1 aliphatic rings. The summed E-state index contributed by atoms with van der Waals surface area (Å²) in [5.74, 6) is 0.0150. The minimum Gasteiger partial charge on any atom is -0.359 e. The molecular weight excluding hydrogens is 320 g/mol. The molecule has 0 atom stereocenters. The topological polar surface area (TPSA) is 57.3 Å². The SMILES string of the molecule is CCN(CC)CCCNC(=O)c1sc(NC2CCCCC2)nc1C. The van der Waals surface area contributed by atoms with E-state index in [-0.39, 0.29) is 5.91 Å². The summed E-state index contributed by atoms with van der Waals surface area (Å²) in [6.45, 7) is 10.1. The second-order valence-corrected chi connectivity index (χ2v) is 7.55. The Morgan fingerprint density at radius 2 is 1.96 bits per heavy atom. The maximum absolute atomic E-state index is 12.4. The van der Waals surface area contributed by atoms with Crippen LogP contribution in [-0.2, 0) is 0 Å². The van der Waals surface area contributed by atoms with Crippen LogP contribution in [0.5, 0.6) is 0 Å². The Hall–Kier alpha value is -1.14. The largest absolute Gasteiger partial charge is 0.359 e. The Morgan fingerprint density at radius 1 is 1.25 bits per heavy atom. The number of rotatable bonds is 9. The predicted octanol–water partition coefficient (Wildman–Crippen LogP) is 3.66. The van der Waals surface area contributed by atoms with E-state index in [4.69, 9.17) is 0 Å². The fourth-order valence-electron chi connectivity index (χ4n) is 3.22. The van der Waals surface area contributed by atoms with Gasteiger partial charge in [-0.2, -0.15) is 0 Å². The molecule has 5 nitrogen and oxygen atoms in total. The van der Waals surface area contributed by atoms with Crippen molar-refractivity contribution in [2.45, 2.75) is 65.3 Å². The van der Waals surface area contributed by atoms with E-state index >= 15 is 0 Å². The van der Waals surface area contributed by atoms with Gasteiger partial charge in [0.05, 0.1) is 5.69 Å². The first-order chi connectivity index (χ1) is 11.6. The van der Waals surface area contributed by atoms with Crippen molar-refractivity contribution in [3.8, 4) is 0 Å². The van der Waals surface area contributed by atoms with Crippen molar-refractivity contribution < 1.29 is 4.79 Å². The van der Waals surface area contributed by atoms with Gasteiger partial charge in [-0.25, -0.2) is 4.98 Å². The first-order valence-corrected chi connectivity index (χ1v) is 10.2. The van der Waals surface area contributed by atoms with Crippen LogP contribution in [0.4, 0.5) is 5.13 Å². The first-order valence-electron chi connectivity index (χ1n) is 9.38. The molecule has 1 aromatic heterocycles. The number of amides is 1. The van der Waals surface area contributed by atoms with Crippen LogP contribution in [0.3, 0.4) is 0 Å². The van der Waals surface area contributed by atoms with E-state index in [1.165, 1.54) is 43.4 Å². The number of aryl methyl sites for hydroxylation is 1. The molecule has 2 rings (SSSR count). The molecule has 0 radical (unpaired) electrons. The minimum atomic E-state index is 0.0150. The van der Waals surface area contributed by atoms with Crippen molar-refractivity contribution in [3.63, 3.8) is 0 Å². The molecule has 0 saturated heterocycles. The van der Waals surface area contributed by atoms with Gasteiger partial charge < -0.3 is 15.5 Å². The monoisotopic (exact) mass is 352 g/mol. The summed E-state index contributed by atoms with van der Waals surface area (Å²) in [5, 5.41) is 7.45. The van der Waals surface area contributed by atoms with Crippen LogP contribution in [-0.4, -0.2) is 48.0 Å². The maximum atomic E-state index is 12.4. The van der Waals surface area contributed by atoms with Crippen LogP contribution in [0.1, 0.15) is 67.7 Å². The lowest BCUT2D eigenvalue weighted by atomic mass is 9.96. The van der Waals surface area contributed by atoms with Gasteiger partial charge in [0.15, 0.2) is 5.13 Å². The van der Waals surface area contributed by atoms with Crippen LogP contribution in [0.15, 0.2) is 0 Å². The summed E-state index contributed by atoms with van der Waals surface area (Å²) in [5.41, 5.74) is 0.833. The van der Waals surface area contributed by atoms with Crippen molar-refractivity contribution in [2.24, 2.45) is 0 Å². The van der Waals surface area contributed by atoms with E-state index in [0.29, 0.717) is 6.04 Å². The second kappa shape index (κ2) is 9.99. The van der Waals surface area contributed by atoms with Gasteiger partial charge in [-0.1, -0.05) is 44.4 Å². The van der Waals surface area contributed by atoms with Gasteiger partial charge in [0.2, 0.25) is 0 Å². The molecule has 1 aromatic rings. The lowest BCUT2D eigenvalue weighted by Gasteiger charge is -2.22. The number of thiazole rings is 1. The van der Waals surface area contributed by atoms with Crippen molar-refractivity contribution in [1.29, 1.82) is 0 Å². The number of nitrogens with zero attached hydrogens (tertiary/aromatic N) is 2. The van der Waals surface area contributed by atoms with E-state index in [2.05, 4.69) is 34.4 Å².